The van der Waals surface area contributed by atoms with Crippen LogP contribution in [-0.4, -0.2) is 13.5 Å². The molecule has 0 fully saturated rings. The molecule has 2 rings (SSSR count). The summed E-state index contributed by atoms with van der Waals surface area (Å²) in [6.07, 6.45) is 0. The van der Waals surface area contributed by atoms with Gasteiger partial charge in [-0.05, 0) is 30.7 Å². The van der Waals surface area contributed by atoms with Crippen LogP contribution in [0.2, 0.25) is 0 Å². The molecule has 2 aromatic rings. The standard InChI is InChI=1S/C13H14BrNO3S2/c1-9-13(6-12(8-16)19-9)20(17,18)15-7-10-3-2-4-11(14)5-10/h2-6,15-16H,7-8H2,1H3. The van der Waals surface area contributed by atoms with Gasteiger partial charge >= 0.3 is 0 Å². The van der Waals surface area contributed by atoms with Gasteiger partial charge in [0.25, 0.3) is 0 Å². The third-order valence-electron chi connectivity index (χ3n) is 2.72. The summed E-state index contributed by atoms with van der Waals surface area (Å²) in [4.78, 5) is 1.56. The first kappa shape index (κ1) is 15.7. The predicted octanol–water partition coefficient (Wildman–Crippen LogP) is 2.79. The fraction of sp³-hybridized carbons (Fsp3) is 0.231. The Kier molecular flexibility index (Phi) is 4.98. The summed E-state index contributed by atoms with van der Waals surface area (Å²) < 4.78 is 28.0. The van der Waals surface area contributed by atoms with E-state index in [-0.39, 0.29) is 18.0 Å². The minimum absolute atomic E-state index is 0.146. The minimum atomic E-state index is -3.56. The summed E-state index contributed by atoms with van der Waals surface area (Å²) in [5, 5.41) is 9.07. The van der Waals surface area contributed by atoms with Crippen molar-refractivity contribution in [2.45, 2.75) is 25.0 Å². The Morgan fingerprint density at radius 3 is 2.70 bits per heavy atom. The quantitative estimate of drug-likeness (QED) is 0.844. The summed E-state index contributed by atoms with van der Waals surface area (Å²) in [5.41, 5.74) is 0.873. The lowest BCUT2D eigenvalue weighted by atomic mass is 10.2. The lowest BCUT2D eigenvalue weighted by Crippen LogP contribution is -2.23. The Hall–Kier alpha value is -0.730. The lowest BCUT2D eigenvalue weighted by Gasteiger charge is -2.06. The van der Waals surface area contributed by atoms with E-state index in [2.05, 4.69) is 20.7 Å². The summed E-state index contributed by atoms with van der Waals surface area (Å²) >= 11 is 4.64. The third-order valence-corrected chi connectivity index (χ3v) is 5.91. The molecule has 0 aliphatic heterocycles. The molecule has 0 aliphatic carbocycles. The van der Waals surface area contributed by atoms with Crippen molar-refractivity contribution in [2.75, 3.05) is 0 Å². The van der Waals surface area contributed by atoms with Crippen LogP contribution >= 0.6 is 27.3 Å². The maximum atomic E-state index is 12.2. The molecule has 0 radical (unpaired) electrons. The van der Waals surface area contributed by atoms with E-state index in [9.17, 15) is 8.42 Å². The Balaban J connectivity index is 2.17. The summed E-state index contributed by atoms with van der Waals surface area (Å²) in [5.74, 6) is 0. The molecule has 0 atom stereocenters. The Morgan fingerprint density at radius 2 is 2.10 bits per heavy atom. The van der Waals surface area contributed by atoms with Gasteiger partial charge in [0, 0.05) is 20.8 Å². The summed E-state index contributed by atoms with van der Waals surface area (Å²) in [6, 6.07) is 8.97. The van der Waals surface area contributed by atoms with Gasteiger partial charge < -0.3 is 5.11 Å². The van der Waals surface area contributed by atoms with E-state index < -0.39 is 10.0 Å². The van der Waals surface area contributed by atoms with Gasteiger partial charge in [0.05, 0.1) is 11.5 Å². The number of benzene rings is 1. The van der Waals surface area contributed by atoms with Crippen LogP contribution in [0.1, 0.15) is 15.3 Å². The van der Waals surface area contributed by atoms with Crippen molar-refractivity contribution in [3.63, 3.8) is 0 Å². The number of sulfonamides is 1. The van der Waals surface area contributed by atoms with Gasteiger partial charge in [0.1, 0.15) is 0 Å². The van der Waals surface area contributed by atoms with E-state index in [0.29, 0.717) is 9.75 Å². The van der Waals surface area contributed by atoms with Gasteiger partial charge in [-0.25, -0.2) is 13.1 Å². The molecular weight excluding hydrogens is 362 g/mol. The number of halogens is 1. The van der Waals surface area contributed by atoms with Crippen molar-refractivity contribution in [3.05, 3.63) is 50.1 Å². The van der Waals surface area contributed by atoms with E-state index in [4.69, 9.17) is 5.11 Å². The van der Waals surface area contributed by atoms with Crippen molar-refractivity contribution in [1.82, 2.24) is 4.72 Å². The molecule has 20 heavy (non-hydrogen) atoms. The van der Waals surface area contributed by atoms with Crippen LogP contribution in [-0.2, 0) is 23.2 Å². The second kappa shape index (κ2) is 6.36. The monoisotopic (exact) mass is 375 g/mol. The zero-order chi connectivity index (χ0) is 14.8. The van der Waals surface area contributed by atoms with Crippen molar-refractivity contribution in [1.29, 1.82) is 0 Å². The average Bonchev–Trinajstić information content (AvgIpc) is 2.79. The highest BCUT2D eigenvalue weighted by Gasteiger charge is 2.19. The van der Waals surface area contributed by atoms with Crippen LogP contribution in [0.4, 0.5) is 0 Å². The highest BCUT2D eigenvalue weighted by atomic mass is 79.9. The number of hydrogen-bond donors (Lipinski definition) is 2. The fourth-order valence-electron chi connectivity index (χ4n) is 1.77. The predicted molar refractivity (Wildman–Crippen MR) is 83.1 cm³/mol. The van der Waals surface area contributed by atoms with Gasteiger partial charge in [0.15, 0.2) is 0 Å². The van der Waals surface area contributed by atoms with Crippen molar-refractivity contribution >= 4 is 37.3 Å². The molecule has 0 bridgehead atoms. The molecule has 2 N–H and O–H groups in total. The Bertz CT molecular complexity index is 710. The van der Waals surface area contributed by atoms with Crippen LogP contribution in [0.15, 0.2) is 39.7 Å². The molecular formula is C13H14BrNO3S2. The number of rotatable bonds is 5. The highest BCUT2D eigenvalue weighted by Crippen LogP contribution is 2.25. The number of nitrogens with one attached hydrogen (secondary N) is 1. The molecule has 0 unspecified atom stereocenters. The van der Waals surface area contributed by atoms with Crippen LogP contribution in [0.3, 0.4) is 0 Å². The molecule has 7 heteroatoms. The van der Waals surface area contributed by atoms with E-state index in [1.165, 1.54) is 17.4 Å². The normalized spacial score (nSPS) is 11.8. The Morgan fingerprint density at radius 1 is 1.35 bits per heavy atom. The number of thiophene rings is 1. The molecule has 1 aromatic heterocycles. The maximum absolute atomic E-state index is 12.2. The zero-order valence-electron chi connectivity index (χ0n) is 10.8. The molecule has 0 spiro atoms. The minimum Gasteiger partial charge on any atom is -0.391 e. The summed E-state index contributed by atoms with van der Waals surface area (Å²) in [6.45, 7) is 1.82. The average molecular weight is 376 g/mol. The first-order chi connectivity index (χ1) is 9.42. The van der Waals surface area contributed by atoms with Crippen molar-refractivity contribution in [3.8, 4) is 0 Å². The van der Waals surface area contributed by atoms with Crippen LogP contribution in [0, 0.1) is 6.92 Å². The lowest BCUT2D eigenvalue weighted by molar-refractivity contribution is 0.285. The first-order valence-electron chi connectivity index (χ1n) is 5.86. The molecule has 1 aromatic carbocycles. The molecule has 0 saturated carbocycles. The molecule has 108 valence electrons. The Labute approximate surface area is 130 Å². The first-order valence-corrected chi connectivity index (χ1v) is 8.96. The van der Waals surface area contributed by atoms with E-state index in [1.807, 2.05) is 24.3 Å². The van der Waals surface area contributed by atoms with Crippen LogP contribution in [0.5, 0.6) is 0 Å². The van der Waals surface area contributed by atoms with E-state index >= 15 is 0 Å². The largest absolute Gasteiger partial charge is 0.391 e. The van der Waals surface area contributed by atoms with Crippen molar-refractivity contribution < 1.29 is 13.5 Å². The van der Waals surface area contributed by atoms with Gasteiger partial charge in [0.2, 0.25) is 10.0 Å². The van der Waals surface area contributed by atoms with Gasteiger partial charge in [-0.1, -0.05) is 28.1 Å². The third kappa shape index (κ3) is 3.67. The second-order valence-corrected chi connectivity index (χ2v) is 8.24. The number of aliphatic hydroxyl groups is 1. The van der Waals surface area contributed by atoms with E-state index in [1.54, 1.807) is 6.92 Å². The summed E-state index contributed by atoms with van der Waals surface area (Å²) in [7, 11) is -3.56. The number of aliphatic hydroxyl groups excluding tert-OH is 1. The molecule has 4 nitrogen and oxygen atoms in total. The second-order valence-electron chi connectivity index (χ2n) is 4.25. The molecule has 0 amide bonds. The molecule has 0 aliphatic rings. The molecule has 0 saturated heterocycles. The van der Waals surface area contributed by atoms with Gasteiger partial charge in [-0.2, -0.15) is 0 Å². The highest BCUT2D eigenvalue weighted by molar-refractivity contribution is 9.10. The zero-order valence-corrected chi connectivity index (χ0v) is 14.0. The molecule has 1 heterocycles. The topological polar surface area (TPSA) is 66.4 Å². The van der Waals surface area contributed by atoms with Crippen LogP contribution < -0.4 is 4.72 Å². The van der Waals surface area contributed by atoms with Gasteiger partial charge in [-0.3, -0.25) is 0 Å². The SMILES string of the molecule is Cc1sc(CO)cc1S(=O)(=O)NCc1cccc(Br)c1. The maximum Gasteiger partial charge on any atom is 0.241 e. The van der Waals surface area contributed by atoms with E-state index in [0.717, 1.165) is 10.0 Å². The van der Waals surface area contributed by atoms with Gasteiger partial charge in [-0.15, -0.1) is 11.3 Å². The fourth-order valence-corrected chi connectivity index (χ4v) is 4.73. The van der Waals surface area contributed by atoms with Crippen LogP contribution in [0.25, 0.3) is 0 Å². The smallest absolute Gasteiger partial charge is 0.241 e. The number of hydrogen-bond acceptors (Lipinski definition) is 4. The van der Waals surface area contributed by atoms with Crippen molar-refractivity contribution in [2.24, 2.45) is 0 Å². The number of aryl methyl sites for hydroxylation is 1.